The summed E-state index contributed by atoms with van der Waals surface area (Å²) < 4.78 is 26.7. The third-order valence-corrected chi connectivity index (χ3v) is 7.96. The second-order valence-electron chi connectivity index (χ2n) is 8.76. The molecule has 10 heteroatoms. The second kappa shape index (κ2) is 9.30. The van der Waals surface area contributed by atoms with Gasteiger partial charge in [0.2, 0.25) is 10.0 Å². The number of carbonyl (C=O) groups is 2. The monoisotopic (exact) mass is 465 g/mol. The van der Waals surface area contributed by atoms with Crippen LogP contribution in [0.5, 0.6) is 0 Å². The standard InChI is InChI=1S/C22H31N3O6S/c1-15-13-17(20(27)24-8-3-18(26)4-9-24)14-16(2)19(15)5-12-32(30,31)25-10-6-22(23,7-11-25)21(28)29/h5,12-14,18,26H,3-4,6-11,23H2,1-2H3,(H,28,29)/b12-5+. The van der Waals surface area contributed by atoms with Gasteiger partial charge in [0.15, 0.2) is 0 Å². The molecule has 0 aromatic heterocycles. The normalized spacial score (nSPS) is 20.6. The van der Waals surface area contributed by atoms with Gasteiger partial charge in [-0.1, -0.05) is 0 Å². The van der Waals surface area contributed by atoms with E-state index in [0.717, 1.165) is 22.1 Å². The van der Waals surface area contributed by atoms with Crippen molar-refractivity contribution in [2.45, 2.75) is 51.2 Å². The third-order valence-electron chi connectivity index (χ3n) is 6.40. The van der Waals surface area contributed by atoms with Gasteiger partial charge in [0.05, 0.1) is 6.10 Å². The highest BCUT2D eigenvalue weighted by molar-refractivity contribution is 7.92. The molecule has 1 amide bonds. The highest BCUT2D eigenvalue weighted by Gasteiger charge is 2.40. The van der Waals surface area contributed by atoms with Gasteiger partial charge in [0, 0.05) is 37.2 Å². The molecule has 0 aliphatic carbocycles. The number of hydrogen-bond acceptors (Lipinski definition) is 6. The summed E-state index contributed by atoms with van der Waals surface area (Å²) in [5, 5.41) is 20.0. The molecule has 2 saturated heterocycles. The van der Waals surface area contributed by atoms with Crippen LogP contribution in [0, 0.1) is 13.8 Å². The molecule has 32 heavy (non-hydrogen) atoms. The maximum Gasteiger partial charge on any atom is 0.323 e. The number of nitrogens with two attached hydrogens (primary N) is 1. The molecule has 0 saturated carbocycles. The maximum absolute atomic E-state index is 12.8. The van der Waals surface area contributed by atoms with Gasteiger partial charge in [0.1, 0.15) is 5.54 Å². The van der Waals surface area contributed by atoms with E-state index in [9.17, 15) is 28.2 Å². The summed E-state index contributed by atoms with van der Waals surface area (Å²) in [6, 6.07) is 3.51. The minimum Gasteiger partial charge on any atom is -0.480 e. The van der Waals surface area contributed by atoms with Gasteiger partial charge in [-0.3, -0.25) is 9.59 Å². The van der Waals surface area contributed by atoms with Crippen LogP contribution in [0.15, 0.2) is 17.5 Å². The van der Waals surface area contributed by atoms with E-state index in [0.29, 0.717) is 31.5 Å². The van der Waals surface area contributed by atoms with Crippen molar-refractivity contribution >= 4 is 28.0 Å². The van der Waals surface area contributed by atoms with Crippen molar-refractivity contribution in [1.29, 1.82) is 0 Å². The van der Waals surface area contributed by atoms with Crippen LogP contribution >= 0.6 is 0 Å². The van der Waals surface area contributed by atoms with Crippen LogP contribution in [0.4, 0.5) is 0 Å². The maximum atomic E-state index is 12.8. The molecule has 2 heterocycles. The number of carboxylic acid groups (broad SMARTS) is 1. The first-order valence-corrected chi connectivity index (χ1v) is 12.2. The van der Waals surface area contributed by atoms with E-state index in [4.69, 9.17) is 5.73 Å². The smallest absolute Gasteiger partial charge is 0.323 e. The fraction of sp³-hybridized carbons (Fsp3) is 0.545. The first kappa shape index (κ1) is 24.4. The lowest BCUT2D eigenvalue weighted by Crippen LogP contribution is -2.56. The van der Waals surface area contributed by atoms with E-state index in [-0.39, 0.29) is 37.9 Å². The highest BCUT2D eigenvalue weighted by atomic mass is 32.2. The predicted octanol–water partition coefficient (Wildman–Crippen LogP) is 1.08. The summed E-state index contributed by atoms with van der Waals surface area (Å²) >= 11 is 0. The van der Waals surface area contributed by atoms with Crippen LogP contribution in [-0.4, -0.2) is 77.5 Å². The number of piperidine rings is 2. The zero-order chi connectivity index (χ0) is 23.7. The lowest BCUT2D eigenvalue weighted by Gasteiger charge is -2.34. The molecule has 0 bridgehead atoms. The number of rotatable bonds is 5. The van der Waals surface area contributed by atoms with Gasteiger partial charge in [-0.15, -0.1) is 0 Å². The van der Waals surface area contributed by atoms with Gasteiger partial charge in [0.25, 0.3) is 5.91 Å². The van der Waals surface area contributed by atoms with Crippen molar-refractivity contribution < 1.29 is 28.2 Å². The molecule has 2 fully saturated rings. The first-order valence-electron chi connectivity index (χ1n) is 10.7. The van der Waals surface area contributed by atoms with Gasteiger partial charge < -0.3 is 20.8 Å². The average molecular weight is 466 g/mol. The number of amides is 1. The number of benzene rings is 1. The number of nitrogens with zero attached hydrogens (tertiary/aromatic N) is 2. The van der Waals surface area contributed by atoms with Gasteiger partial charge >= 0.3 is 5.97 Å². The number of aryl methyl sites for hydroxylation is 2. The van der Waals surface area contributed by atoms with Crippen LogP contribution in [0.25, 0.3) is 6.08 Å². The van der Waals surface area contributed by atoms with Crippen LogP contribution < -0.4 is 5.73 Å². The molecule has 9 nitrogen and oxygen atoms in total. The van der Waals surface area contributed by atoms with Crippen molar-refractivity contribution in [3.05, 3.63) is 39.8 Å². The fourth-order valence-corrected chi connectivity index (χ4v) is 5.38. The lowest BCUT2D eigenvalue weighted by molar-refractivity contribution is -0.144. The Morgan fingerprint density at radius 2 is 1.62 bits per heavy atom. The molecule has 1 aromatic carbocycles. The molecule has 2 aliphatic heterocycles. The minimum absolute atomic E-state index is 0.0470. The molecule has 4 N–H and O–H groups in total. The quantitative estimate of drug-likeness (QED) is 0.591. The number of sulfonamides is 1. The van der Waals surface area contributed by atoms with Crippen molar-refractivity contribution in [2.75, 3.05) is 26.2 Å². The SMILES string of the molecule is Cc1cc(C(=O)N2CCC(O)CC2)cc(C)c1/C=C/S(=O)(=O)N1CCC(N)(C(=O)O)CC1. The van der Waals surface area contributed by atoms with E-state index in [1.54, 1.807) is 17.0 Å². The van der Waals surface area contributed by atoms with Crippen molar-refractivity contribution in [3.63, 3.8) is 0 Å². The summed E-state index contributed by atoms with van der Waals surface area (Å²) in [7, 11) is -3.73. The third kappa shape index (κ3) is 5.20. The number of carbonyl (C=O) groups excluding carboxylic acids is 1. The van der Waals surface area contributed by atoms with Gasteiger partial charge in [-0.25, -0.2) is 8.42 Å². The van der Waals surface area contributed by atoms with Crippen molar-refractivity contribution in [1.82, 2.24) is 9.21 Å². The van der Waals surface area contributed by atoms with E-state index >= 15 is 0 Å². The summed E-state index contributed by atoms with van der Waals surface area (Å²) in [4.78, 5) is 25.8. The molecule has 0 radical (unpaired) electrons. The molecule has 1 aromatic rings. The lowest BCUT2D eigenvalue weighted by atomic mass is 9.90. The number of hydrogen-bond donors (Lipinski definition) is 3. The Balaban J connectivity index is 1.73. The Labute approximate surface area is 188 Å². The largest absolute Gasteiger partial charge is 0.480 e. The Bertz CT molecular complexity index is 997. The zero-order valence-electron chi connectivity index (χ0n) is 18.5. The van der Waals surface area contributed by atoms with Crippen molar-refractivity contribution in [2.24, 2.45) is 5.73 Å². The molecular weight excluding hydrogens is 434 g/mol. The summed E-state index contributed by atoms with van der Waals surface area (Å²) in [5.41, 5.74) is 7.26. The Hall–Kier alpha value is -2.27. The molecule has 0 spiro atoms. The Kier molecular flexibility index (Phi) is 7.09. The first-order chi connectivity index (χ1) is 14.9. The van der Waals surface area contributed by atoms with E-state index in [1.807, 2.05) is 13.8 Å². The van der Waals surface area contributed by atoms with E-state index in [1.165, 1.54) is 10.4 Å². The molecule has 176 valence electrons. The fourth-order valence-electron chi connectivity index (χ4n) is 4.21. The Morgan fingerprint density at radius 3 is 2.12 bits per heavy atom. The zero-order valence-corrected chi connectivity index (χ0v) is 19.3. The molecule has 0 atom stereocenters. The van der Waals surface area contributed by atoms with E-state index < -0.39 is 21.5 Å². The second-order valence-corrected chi connectivity index (χ2v) is 10.6. The summed E-state index contributed by atoms with van der Waals surface area (Å²) in [5.74, 6) is -1.21. The summed E-state index contributed by atoms with van der Waals surface area (Å²) in [6.45, 7) is 4.77. The molecule has 2 aliphatic rings. The predicted molar refractivity (Wildman–Crippen MR) is 120 cm³/mol. The molecule has 0 unspecified atom stereocenters. The summed E-state index contributed by atoms with van der Waals surface area (Å²) in [6.07, 6.45) is 2.40. The topological polar surface area (TPSA) is 141 Å². The van der Waals surface area contributed by atoms with Crippen LogP contribution in [-0.2, 0) is 14.8 Å². The highest BCUT2D eigenvalue weighted by Crippen LogP contribution is 2.25. The number of aliphatic carboxylic acids is 1. The van der Waals surface area contributed by atoms with Crippen molar-refractivity contribution in [3.8, 4) is 0 Å². The number of likely N-dealkylation sites (tertiary alicyclic amines) is 1. The average Bonchev–Trinajstić information content (AvgIpc) is 2.73. The number of carboxylic acids is 1. The Morgan fingerprint density at radius 1 is 1.09 bits per heavy atom. The minimum atomic E-state index is -3.73. The van der Waals surface area contributed by atoms with Gasteiger partial charge in [-0.2, -0.15) is 4.31 Å². The van der Waals surface area contributed by atoms with Crippen LogP contribution in [0.3, 0.4) is 0 Å². The van der Waals surface area contributed by atoms with Crippen LogP contribution in [0.1, 0.15) is 52.7 Å². The van der Waals surface area contributed by atoms with Gasteiger partial charge in [-0.05, 0) is 74.4 Å². The van der Waals surface area contributed by atoms with E-state index in [2.05, 4.69) is 0 Å². The molecular formula is C22H31N3O6S. The van der Waals surface area contributed by atoms with Crippen LogP contribution in [0.2, 0.25) is 0 Å². The number of aliphatic hydroxyl groups is 1. The molecule has 3 rings (SSSR count). The number of aliphatic hydroxyl groups excluding tert-OH is 1.